The average molecular weight is 377 g/mol. The summed E-state index contributed by atoms with van der Waals surface area (Å²) in [5.41, 5.74) is 5.31. The fourth-order valence-electron chi connectivity index (χ4n) is 3.79. The zero-order chi connectivity index (χ0) is 19.7. The van der Waals surface area contributed by atoms with Gasteiger partial charge in [0.25, 0.3) is 0 Å². The van der Waals surface area contributed by atoms with E-state index in [0.29, 0.717) is 19.0 Å². The number of hydrogen-bond acceptors (Lipinski definition) is 3. The van der Waals surface area contributed by atoms with Crippen molar-refractivity contribution in [3.8, 4) is 0 Å². The maximum atomic E-state index is 12.6. The quantitative estimate of drug-likeness (QED) is 0.717. The van der Waals surface area contributed by atoms with Crippen LogP contribution < -0.4 is 5.32 Å². The summed E-state index contributed by atoms with van der Waals surface area (Å²) in [5, 5.41) is 11.7. The van der Waals surface area contributed by atoms with Gasteiger partial charge in [-0.05, 0) is 61.1 Å². The molecule has 1 saturated heterocycles. The number of urea groups is 1. The third-order valence-corrected chi connectivity index (χ3v) is 5.55. The smallest absolute Gasteiger partial charge is 0.321 e. The van der Waals surface area contributed by atoms with Crippen LogP contribution in [0.2, 0.25) is 0 Å². The highest BCUT2D eigenvalue weighted by Crippen LogP contribution is 2.26. The van der Waals surface area contributed by atoms with Crippen LogP contribution in [-0.4, -0.2) is 39.0 Å². The van der Waals surface area contributed by atoms with Crippen molar-refractivity contribution in [1.82, 2.24) is 19.9 Å². The molecule has 146 valence electrons. The topological polar surface area (TPSA) is 63.1 Å². The van der Waals surface area contributed by atoms with E-state index >= 15 is 0 Å². The van der Waals surface area contributed by atoms with E-state index in [2.05, 4.69) is 66.7 Å². The number of rotatable bonds is 3. The second kappa shape index (κ2) is 7.62. The van der Waals surface area contributed by atoms with Crippen molar-refractivity contribution in [2.45, 2.75) is 45.6 Å². The van der Waals surface area contributed by atoms with Crippen LogP contribution >= 0.6 is 0 Å². The standard InChI is InChI=1S/C22H27N5O/c1-15(2)17-5-7-18(8-6-17)23-22(28)26-12-10-19(11-13-26)27-21-9-4-16(3)14-20(21)24-25-27/h4-9,14-15,19H,10-13H2,1-3H3,(H,23,28). The van der Waals surface area contributed by atoms with Gasteiger partial charge in [-0.3, -0.25) is 0 Å². The number of carbonyl (C=O) groups is 1. The summed E-state index contributed by atoms with van der Waals surface area (Å²) < 4.78 is 2.02. The molecule has 2 amide bonds. The molecule has 1 aromatic heterocycles. The lowest BCUT2D eigenvalue weighted by Gasteiger charge is -2.32. The van der Waals surface area contributed by atoms with Gasteiger partial charge in [-0.2, -0.15) is 0 Å². The predicted molar refractivity (Wildman–Crippen MR) is 112 cm³/mol. The van der Waals surface area contributed by atoms with E-state index in [1.54, 1.807) is 0 Å². The van der Waals surface area contributed by atoms with Crippen LogP contribution in [-0.2, 0) is 0 Å². The van der Waals surface area contributed by atoms with Gasteiger partial charge in [-0.25, -0.2) is 9.48 Å². The van der Waals surface area contributed by atoms with E-state index in [1.165, 1.54) is 11.1 Å². The molecule has 0 saturated carbocycles. The number of aromatic nitrogens is 3. The van der Waals surface area contributed by atoms with Gasteiger partial charge in [0.15, 0.2) is 0 Å². The van der Waals surface area contributed by atoms with Gasteiger partial charge >= 0.3 is 6.03 Å². The number of anilines is 1. The summed E-state index contributed by atoms with van der Waals surface area (Å²) in [6.45, 7) is 7.82. The molecule has 2 heterocycles. The molecule has 0 radical (unpaired) electrons. The largest absolute Gasteiger partial charge is 0.324 e. The summed E-state index contributed by atoms with van der Waals surface area (Å²) in [7, 11) is 0. The first-order chi connectivity index (χ1) is 13.5. The second-order valence-corrected chi connectivity index (χ2v) is 7.95. The molecule has 1 fully saturated rings. The Morgan fingerprint density at radius 2 is 1.82 bits per heavy atom. The minimum atomic E-state index is -0.0326. The van der Waals surface area contributed by atoms with Gasteiger partial charge in [0.05, 0.1) is 11.6 Å². The number of carbonyl (C=O) groups excluding carboxylic acids is 1. The molecule has 28 heavy (non-hydrogen) atoms. The van der Waals surface area contributed by atoms with Crippen molar-refractivity contribution in [3.63, 3.8) is 0 Å². The molecule has 1 N–H and O–H groups in total. The summed E-state index contributed by atoms with van der Waals surface area (Å²) in [4.78, 5) is 14.5. The number of piperidine rings is 1. The van der Waals surface area contributed by atoms with Crippen LogP contribution in [0, 0.1) is 6.92 Å². The molecule has 3 aromatic rings. The molecule has 2 aromatic carbocycles. The molecule has 0 spiro atoms. The fourth-order valence-corrected chi connectivity index (χ4v) is 3.79. The highest BCUT2D eigenvalue weighted by molar-refractivity contribution is 5.89. The molecule has 0 aliphatic carbocycles. The maximum Gasteiger partial charge on any atom is 0.321 e. The zero-order valence-corrected chi connectivity index (χ0v) is 16.7. The van der Waals surface area contributed by atoms with Crippen molar-refractivity contribution in [2.24, 2.45) is 0 Å². The van der Waals surface area contributed by atoms with Gasteiger partial charge < -0.3 is 10.2 Å². The first kappa shape index (κ1) is 18.5. The van der Waals surface area contributed by atoms with Crippen molar-refractivity contribution >= 4 is 22.8 Å². The van der Waals surface area contributed by atoms with E-state index in [0.717, 1.165) is 29.6 Å². The summed E-state index contributed by atoms with van der Waals surface area (Å²) >= 11 is 0. The number of nitrogens with one attached hydrogen (secondary N) is 1. The highest BCUT2D eigenvalue weighted by atomic mass is 16.2. The van der Waals surface area contributed by atoms with Crippen LogP contribution in [0.5, 0.6) is 0 Å². The van der Waals surface area contributed by atoms with Crippen molar-refractivity contribution in [2.75, 3.05) is 18.4 Å². The van der Waals surface area contributed by atoms with E-state index in [9.17, 15) is 4.79 Å². The van der Waals surface area contributed by atoms with E-state index in [1.807, 2.05) is 21.7 Å². The molecular formula is C22H27N5O. The monoisotopic (exact) mass is 377 g/mol. The molecule has 6 heteroatoms. The Morgan fingerprint density at radius 1 is 1.11 bits per heavy atom. The minimum Gasteiger partial charge on any atom is -0.324 e. The maximum absolute atomic E-state index is 12.6. The number of benzene rings is 2. The Morgan fingerprint density at radius 3 is 2.50 bits per heavy atom. The molecule has 0 unspecified atom stereocenters. The number of amides is 2. The highest BCUT2D eigenvalue weighted by Gasteiger charge is 2.25. The van der Waals surface area contributed by atoms with Crippen LogP contribution in [0.3, 0.4) is 0 Å². The Kier molecular flexibility index (Phi) is 5.03. The van der Waals surface area contributed by atoms with Crippen molar-refractivity contribution in [3.05, 3.63) is 53.6 Å². The summed E-state index contributed by atoms with van der Waals surface area (Å²) in [5.74, 6) is 0.487. The van der Waals surface area contributed by atoms with Crippen LogP contribution in [0.1, 0.15) is 49.8 Å². The van der Waals surface area contributed by atoms with Gasteiger partial charge in [-0.15, -0.1) is 5.10 Å². The van der Waals surface area contributed by atoms with Gasteiger partial charge in [-0.1, -0.05) is 37.3 Å². The van der Waals surface area contributed by atoms with E-state index in [4.69, 9.17) is 0 Å². The molecule has 4 rings (SSSR count). The van der Waals surface area contributed by atoms with Crippen LogP contribution in [0.15, 0.2) is 42.5 Å². The predicted octanol–water partition coefficient (Wildman–Crippen LogP) is 4.73. The Bertz CT molecular complexity index is 968. The first-order valence-electron chi connectivity index (χ1n) is 9.98. The lowest BCUT2D eigenvalue weighted by atomic mass is 10.0. The van der Waals surface area contributed by atoms with Gasteiger partial charge in [0.1, 0.15) is 5.52 Å². The number of aryl methyl sites for hydroxylation is 1. The Labute approximate surface area is 165 Å². The fraction of sp³-hybridized carbons (Fsp3) is 0.409. The number of fused-ring (bicyclic) bond motifs is 1. The number of likely N-dealkylation sites (tertiary alicyclic amines) is 1. The second-order valence-electron chi connectivity index (χ2n) is 7.95. The molecule has 0 bridgehead atoms. The lowest BCUT2D eigenvalue weighted by molar-refractivity contribution is 0.181. The SMILES string of the molecule is Cc1ccc2c(c1)nnn2C1CCN(C(=O)Nc2ccc(C(C)C)cc2)CC1. The van der Waals surface area contributed by atoms with Gasteiger partial charge in [0.2, 0.25) is 0 Å². The molecule has 0 atom stereocenters. The molecule has 6 nitrogen and oxygen atoms in total. The Hall–Kier alpha value is -2.89. The normalized spacial score (nSPS) is 15.4. The van der Waals surface area contributed by atoms with Crippen molar-refractivity contribution < 1.29 is 4.79 Å². The molecular weight excluding hydrogens is 350 g/mol. The van der Waals surface area contributed by atoms with Crippen LogP contribution in [0.4, 0.5) is 10.5 Å². The summed E-state index contributed by atoms with van der Waals surface area (Å²) in [6.07, 6.45) is 1.76. The molecule has 1 aliphatic rings. The lowest BCUT2D eigenvalue weighted by Crippen LogP contribution is -2.41. The van der Waals surface area contributed by atoms with Crippen LogP contribution in [0.25, 0.3) is 11.0 Å². The van der Waals surface area contributed by atoms with Crippen molar-refractivity contribution in [1.29, 1.82) is 0 Å². The molecule has 1 aliphatic heterocycles. The third kappa shape index (κ3) is 3.72. The third-order valence-electron chi connectivity index (χ3n) is 5.55. The number of nitrogens with zero attached hydrogens (tertiary/aromatic N) is 4. The Balaban J connectivity index is 1.37. The van der Waals surface area contributed by atoms with Gasteiger partial charge in [0, 0.05) is 18.8 Å². The minimum absolute atomic E-state index is 0.0326. The average Bonchev–Trinajstić information content (AvgIpc) is 3.11. The summed E-state index contributed by atoms with van der Waals surface area (Å²) in [6, 6.07) is 14.6. The number of hydrogen-bond donors (Lipinski definition) is 1. The first-order valence-corrected chi connectivity index (χ1v) is 9.98. The zero-order valence-electron chi connectivity index (χ0n) is 16.7. The van der Waals surface area contributed by atoms with E-state index < -0.39 is 0 Å². The van der Waals surface area contributed by atoms with E-state index in [-0.39, 0.29) is 12.1 Å².